The Labute approximate surface area is 47.3 Å². The summed E-state index contributed by atoms with van der Waals surface area (Å²) in [5, 5.41) is 8.31. The monoisotopic (exact) mass is 115 g/mol. The standard InChI is InChI=1S/C5H7O3/c6-3-4-1-2-8-5(4)7/h3-4,6H,1-2H2. The van der Waals surface area contributed by atoms with E-state index in [9.17, 15) is 4.79 Å². The topological polar surface area (TPSA) is 46.5 Å². The van der Waals surface area contributed by atoms with E-state index in [1.165, 1.54) is 0 Å². The van der Waals surface area contributed by atoms with Crippen LogP contribution in [0.4, 0.5) is 0 Å². The Kier molecular flexibility index (Phi) is 1.48. The molecule has 0 amide bonds. The fourth-order valence-corrected chi connectivity index (χ4v) is 0.647. The van der Waals surface area contributed by atoms with Crippen molar-refractivity contribution in [3.8, 4) is 0 Å². The largest absolute Gasteiger partial charge is 0.465 e. The third-order valence-electron chi connectivity index (χ3n) is 1.16. The first-order chi connectivity index (χ1) is 3.84. The maximum atomic E-state index is 10.4. The summed E-state index contributed by atoms with van der Waals surface area (Å²) in [6, 6.07) is 0. The van der Waals surface area contributed by atoms with E-state index in [2.05, 4.69) is 4.74 Å². The molecule has 0 saturated carbocycles. The lowest BCUT2D eigenvalue weighted by Crippen LogP contribution is -2.06. The molecule has 1 aliphatic heterocycles. The summed E-state index contributed by atoms with van der Waals surface area (Å²) in [7, 11) is 0. The molecule has 0 aromatic carbocycles. The van der Waals surface area contributed by atoms with Crippen molar-refractivity contribution in [1.29, 1.82) is 0 Å². The average molecular weight is 115 g/mol. The summed E-state index contributed by atoms with van der Waals surface area (Å²) < 4.78 is 4.53. The van der Waals surface area contributed by atoms with Gasteiger partial charge in [-0.05, 0) is 6.42 Å². The zero-order valence-electron chi connectivity index (χ0n) is 4.33. The van der Waals surface area contributed by atoms with Gasteiger partial charge in [-0.15, -0.1) is 0 Å². The summed E-state index contributed by atoms with van der Waals surface area (Å²) >= 11 is 0. The molecule has 1 saturated heterocycles. The summed E-state index contributed by atoms with van der Waals surface area (Å²) in [5.74, 6) is -0.678. The van der Waals surface area contributed by atoms with E-state index in [0.717, 1.165) is 6.61 Å². The van der Waals surface area contributed by atoms with Crippen LogP contribution in [0.3, 0.4) is 0 Å². The van der Waals surface area contributed by atoms with Gasteiger partial charge in [0.15, 0.2) is 0 Å². The Balaban J connectivity index is 2.42. The number of hydrogen-bond donors (Lipinski definition) is 1. The summed E-state index contributed by atoms with van der Waals surface area (Å²) in [4.78, 5) is 10.4. The maximum absolute atomic E-state index is 10.4. The highest BCUT2D eigenvalue weighted by molar-refractivity contribution is 5.75. The van der Waals surface area contributed by atoms with Crippen molar-refractivity contribution in [2.45, 2.75) is 6.42 Å². The molecular weight excluding hydrogens is 108 g/mol. The van der Waals surface area contributed by atoms with Gasteiger partial charge in [-0.1, -0.05) is 0 Å². The number of aliphatic hydroxyl groups excluding tert-OH is 1. The normalized spacial score (nSPS) is 28.1. The first-order valence-electron chi connectivity index (χ1n) is 2.49. The number of cyclic esters (lactones) is 1. The predicted octanol–water partition coefficient (Wildman–Crippen LogP) is 0.0838. The molecule has 1 fully saturated rings. The first-order valence-corrected chi connectivity index (χ1v) is 2.49. The second-order valence-electron chi connectivity index (χ2n) is 1.71. The van der Waals surface area contributed by atoms with Gasteiger partial charge in [0.05, 0.1) is 19.1 Å². The van der Waals surface area contributed by atoms with Gasteiger partial charge >= 0.3 is 5.97 Å². The predicted molar refractivity (Wildman–Crippen MR) is 25.3 cm³/mol. The molecule has 1 radical (unpaired) electrons. The van der Waals surface area contributed by atoms with Gasteiger partial charge in [0.2, 0.25) is 0 Å². The number of esters is 1. The van der Waals surface area contributed by atoms with Crippen molar-refractivity contribution in [3.05, 3.63) is 6.61 Å². The molecule has 0 aromatic rings. The third-order valence-corrected chi connectivity index (χ3v) is 1.16. The summed E-state index contributed by atoms with van der Waals surface area (Å²) in [5.41, 5.74) is 0. The van der Waals surface area contributed by atoms with Crippen LogP contribution in [0, 0.1) is 12.5 Å². The van der Waals surface area contributed by atoms with E-state index in [1.807, 2.05) is 0 Å². The van der Waals surface area contributed by atoms with Crippen LogP contribution in [-0.4, -0.2) is 17.7 Å². The number of carbonyl (C=O) groups is 1. The molecule has 45 valence electrons. The summed E-state index contributed by atoms with van der Waals surface area (Å²) in [6.45, 7) is 1.33. The second kappa shape index (κ2) is 2.13. The number of hydrogen-bond acceptors (Lipinski definition) is 3. The number of carbonyl (C=O) groups excluding carboxylic acids is 1. The Morgan fingerprint density at radius 1 is 1.88 bits per heavy atom. The molecular formula is C5H7O3. The SMILES string of the molecule is O=C1OCCC1[CH]O. The van der Waals surface area contributed by atoms with Crippen molar-refractivity contribution < 1.29 is 14.6 Å². The van der Waals surface area contributed by atoms with Crippen LogP contribution in [0.5, 0.6) is 0 Å². The van der Waals surface area contributed by atoms with E-state index in [0.29, 0.717) is 13.0 Å². The Morgan fingerprint density at radius 3 is 2.88 bits per heavy atom. The van der Waals surface area contributed by atoms with Crippen LogP contribution in [0.15, 0.2) is 0 Å². The molecule has 3 nitrogen and oxygen atoms in total. The molecule has 0 aliphatic carbocycles. The molecule has 3 heteroatoms. The Bertz CT molecular complexity index is 99.8. The fourth-order valence-electron chi connectivity index (χ4n) is 0.647. The maximum Gasteiger partial charge on any atom is 0.311 e. The molecule has 1 N–H and O–H groups in total. The van der Waals surface area contributed by atoms with Crippen LogP contribution in [0.1, 0.15) is 6.42 Å². The highest BCUT2D eigenvalue weighted by atomic mass is 16.5. The van der Waals surface area contributed by atoms with Crippen LogP contribution >= 0.6 is 0 Å². The highest BCUT2D eigenvalue weighted by Crippen LogP contribution is 2.14. The van der Waals surface area contributed by atoms with E-state index < -0.39 is 0 Å². The van der Waals surface area contributed by atoms with Crippen molar-refractivity contribution in [2.24, 2.45) is 5.92 Å². The van der Waals surface area contributed by atoms with Crippen molar-refractivity contribution in [2.75, 3.05) is 6.61 Å². The van der Waals surface area contributed by atoms with E-state index in [-0.39, 0.29) is 11.9 Å². The van der Waals surface area contributed by atoms with Crippen molar-refractivity contribution in [3.63, 3.8) is 0 Å². The fraction of sp³-hybridized carbons (Fsp3) is 0.600. The van der Waals surface area contributed by atoms with Crippen LogP contribution in [0.25, 0.3) is 0 Å². The molecule has 1 aliphatic rings. The number of aliphatic hydroxyl groups is 1. The van der Waals surface area contributed by atoms with Gasteiger partial charge < -0.3 is 9.84 Å². The average Bonchev–Trinajstić information content (AvgIpc) is 2.14. The number of ether oxygens (including phenoxy) is 1. The van der Waals surface area contributed by atoms with Gasteiger partial charge in [-0.3, -0.25) is 4.79 Å². The van der Waals surface area contributed by atoms with Gasteiger partial charge in [0, 0.05) is 0 Å². The van der Waals surface area contributed by atoms with E-state index in [1.54, 1.807) is 0 Å². The zero-order chi connectivity index (χ0) is 5.98. The molecule has 0 spiro atoms. The van der Waals surface area contributed by atoms with Gasteiger partial charge in [-0.2, -0.15) is 0 Å². The van der Waals surface area contributed by atoms with E-state index >= 15 is 0 Å². The van der Waals surface area contributed by atoms with Gasteiger partial charge in [0.1, 0.15) is 0 Å². The Morgan fingerprint density at radius 2 is 2.62 bits per heavy atom. The van der Waals surface area contributed by atoms with Crippen LogP contribution < -0.4 is 0 Å². The second-order valence-corrected chi connectivity index (χ2v) is 1.71. The minimum Gasteiger partial charge on any atom is -0.465 e. The molecule has 1 rings (SSSR count). The van der Waals surface area contributed by atoms with E-state index in [4.69, 9.17) is 5.11 Å². The molecule has 0 bridgehead atoms. The summed E-state index contributed by atoms with van der Waals surface area (Å²) in [6.07, 6.45) is 0.620. The zero-order valence-corrected chi connectivity index (χ0v) is 4.33. The molecule has 1 atom stereocenters. The molecule has 8 heavy (non-hydrogen) atoms. The van der Waals surface area contributed by atoms with Crippen LogP contribution in [0.2, 0.25) is 0 Å². The van der Waals surface area contributed by atoms with Gasteiger partial charge in [0.25, 0.3) is 0 Å². The van der Waals surface area contributed by atoms with Gasteiger partial charge in [-0.25, -0.2) is 0 Å². The lowest BCUT2D eigenvalue weighted by Gasteiger charge is -1.94. The Hall–Kier alpha value is -0.570. The lowest BCUT2D eigenvalue weighted by molar-refractivity contribution is -0.141. The molecule has 1 heterocycles. The van der Waals surface area contributed by atoms with Crippen molar-refractivity contribution >= 4 is 5.97 Å². The smallest absolute Gasteiger partial charge is 0.311 e. The lowest BCUT2D eigenvalue weighted by atomic mass is 10.1. The first kappa shape index (κ1) is 5.56. The third kappa shape index (κ3) is 0.816. The molecule has 0 aromatic heterocycles. The molecule has 1 unspecified atom stereocenters. The highest BCUT2D eigenvalue weighted by Gasteiger charge is 2.25. The van der Waals surface area contributed by atoms with Crippen LogP contribution in [-0.2, 0) is 9.53 Å². The minimum absolute atomic E-state index is 0.312. The quantitative estimate of drug-likeness (QED) is 0.492. The number of rotatable bonds is 1. The minimum atomic E-state index is -0.366. The van der Waals surface area contributed by atoms with Crippen molar-refractivity contribution in [1.82, 2.24) is 0 Å².